The van der Waals surface area contributed by atoms with Gasteiger partial charge in [-0.25, -0.2) is 0 Å². The summed E-state index contributed by atoms with van der Waals surface area (Å²) in [7, 11) is 0. The molecule has 0 saturated carbocycles. The number of pyridine rings is 1. The number of aryl methyl sites for hydroxylation is 1. The first-order chi connectivity index (χ1) is 18.0. The number of aromatic nitrogens is 3. The molecule has 8 nitrogen and oxygen atoms in total. The van der Waals surface area contributed by atoms with Gasteiger partial charge < -0.3 is 14.6 Å². The second-order valence-corrected chi connectivity index (χ2v) is 10.2. The quantitative estimate of drug-likeness (QED) is 0.458. The number of nitrogens with one attached hydrogen (secondary N) is 1. The smallest absolute Gasteiger partial charge is 0.259 e. The molecule has 0 spiro atoms. The molecule has 8 heteroatoms. The van der Waals surface area contributed by atoms with Crippen LogP contribution in [0.25, 0.3) is 21.8 Å². The van der Waals surface area contributed by atoms with Crippen LogP contribution in [0.1, 0.15) is 53.3 Å². The van der Waals surface area contributed by atoms with Gasteiger partial charge in [-0.05, 0) is 49.6 Å². The second kappa shape index (κ2) is 9.76. The number of rotatable bonds is 4. The topological polar surface area (TPSA) is 83.5 Å². The van der Waals surface area contributed by atoms with Crippen molar-refractivity contribution in [2.24, 2.45) is 0 Å². The number of hydrogen-bond acceptors (Lipinski definition) is 5. The van der Waals surface area contributed by atoms with Crippen molar-refractivity contribution in [1.82, 2.24) is 24.6 Å². The number of carbonyl (C=O) groups is 1. The highest BCUT2D eigenvalue weighted by Gasteiger charge is 2.31. The Morgan fingerprint density at radius 3 is 2.65 bits per heavy atom. The van der Waals surface area contributed by atoms with Gasteiger partial charge in [0.2, 0.25) is 0 Å². The lowest BCUT2D eigenvalue weighted by Crippen LogP contribution is -2.50. The molecular weight excluding hydrogens is 466 g/mol. The van der Waals surface area contributed by atoms with Crippen LogP contribution in [-0.4, -0.2) is 69.9 Å². The molecule has 4 heterocycles. The minimum absolute atomic E-state index is 0.0348. The predicted molar refractivity (Wildman–Crippen MR) is 144 cm³/mol. The Morgan fingerprint density at radius 2 is 1.89 bits per heavy atom. The van der Waals surface area contributed by atoms with Crippen LogP contribution in [0.2, 0.25) is 0 Å². The van der Waals surface area contributed by atoms with Gasteiger partial charge in [0.15, 0.2) is 0 Å². The molecule has 0 unspecified atom stereocenters. The van der Waals surface area contributed by atoms with E-state index in [0.29, 0.717) is 37.3 Å². The van der Waals surface area contributed by atoms with Gasteiger partial charge in [0, 0.05) is 43.8 Å². The highest BCUT2D eigenvalue weighted by Crippen LogP contribution is 2.31. The number of nitrogens with zero attached hydrogens (tertiary/aromatic N) is 4. The van der Waals surface area contributed by atoms with Gasteiger partial charge in [-0.1, -0.05) is 37.3 Å². The zero-order chi connectivity index (χ0) is 25.5. The third-order valence-corrected chi connectivity index (χ3v) is 8.04. The van der Waals surface area contributed by atoms with Gasteiger partial charge in [0.05, 0.1) is 34.7 Å². The minimum atomic E-state index is -0.152. The van der Waals surface area contributed by atoms with Gasteiger partial charge in [-0.15, -0.1) is 0 Å². The summed E-state index contributed by atoms with van der Waals surface area (Å²) in [5.41, 5.74) is 4.16. The van der Waals surface area contributed by atoms with E-state index in [4.69, 9.17) is 4.74 Å². The lowest BCUT2D eigenvalue weighted by atomic mass is 9.99. The Bertz CT molecular complexity index is 1500. The molecule has 0 bridgehead atoms. The van der Waals surface area contributed by atoms with E-state index in [1.165, 1.54) is 5.56 Å². The van der Waals surface area contributed by atoms with Crippen LogP contribution >= 0.6 is 0 Å². The van der Waals surface area contributed by atoms with Crippen molar-refractivity contribution in [3.05, 3.63) is 75.7 Å². The Hall–Kier alpha value is -3.49. The maximum Gasteiger partial charge on any atom is 0.259 e. The molecule has 2 saturated heterocycles. The highest BCUT2D eigenvalue weighted by molar-refractivity contribution is 6.07. The van der Waals surface area contributed by atoms with E-state index in [1.54, 1.807) is 6.20 Å². The molecule has 6 rings (SSSR count). The van der Waals surface area contributed by atoms with Crippen LogP contribution in [0.4, 0.5) is 0 Å². The van der Waals surface area contributed by atoms with Gasteiger partial charge in [-0.3, -0.25) is 19.2 Å². The summed E-state index contributed by atoms with van der Waals surface area (Å²) in [6.07, 6.45) is 3.36. The number of hydrogen-bond donors (Lipinski definition) is 1. The summed E-state index contributed by atoms with van der Waals surface area (Å²) in [5.74, 6) is 0.0348. The van der Waals surface area contributed by atoms with Crippen molar-refractivity contribution in [2.45, 2.75) is 38.8 Å². The number of piperazine rings is 1. The summed E-state index contributed by atoms with van der Waals surface area (Å²) < 4.78 is 7.52. The van der Waals surface area contributed by atoms with Crippen molar-refractivity contribution < 1.29 is 9.53 Å². The molecule has 0 aliphatic carbocycles. The number of likely N-dealkylation sites (N-methyl/N-ethyl adjacent to an activating group) is 1. The molecule has 2 aliphatic rings. The zero-order valence-electron chi connectivity index (χ0n) is 21.4. The van der Waals surface area contributed by atoms with Crippen LogP contribution in [0.3, 0.4) is 0 Å². The zero-order valence-corrected chi connectivity index (χ0v) is 21.4. The molecule has 2 aliphatic heterocycles. The number of aromatic amines is 1. The average molecular weight is 500 g/mol. The largest absolute Gasteiger partial charge is 0.381 e. The third kappa shape index (κ3) is 4.24. The molecule has 2 aromatic heterocycles. The summed E-state index contributed by atoms with van der Waals surface area (Å²) in [6, 6.07) is 14.7. The van der Waals surface area contributed by atoms with Crippen molar-refractivity contribution in [1.29, 1.82) is 0 Å². The van der Waals surface area contributed by atoms with Gasteiger partial charge in [0.1, 0.15) is 0 Å². The highest BCUT2D eigenvalue weighted by atomic mass is 16.5. The fourth-order valence-electron chi connectivity index (χ4n) is 5.98. The van der Waals surface area contributed by atoms with Crippen molar-refractivity contribution in [3.63, 3.8) is 0 Å². The maximum atomic E-state index is 14.0. The van der Waals surface area contributed by atoms with Crippen molar-refractivity contribution in [3.8, 4) is 0 Å². The van der Waals surface area contributed by atoms with E-state index in [1.807, 2.05) is 34.7 Å². The van der Waals surface area contributed by atoms with Gasteiger partial charge in [-0.2, -0.15) is 5.10 Å². The molecule has 4 aromatic rings. The lowest BCUT2D eigenvalue weighted by Gasteiger charge is -2.41. The monoisotopic (exact) mass is 499 g/mol. The van der Waals surface area contributed by atoms with Crippen LogP contribution in [0.15, 0.2) is 53.5 Å². The molecular formula is C29H33N5O3. The van der Waals surface area contributed by atoms with E-state index in [9.17, 15) is 9.59 Å². The van der Waals surface area contributed by atoms with Crippen LogP contribution in [0, 0.1) is 6.92 Å². The van der Waals surface area contributed by atoms with Gasteiger partial charge >= 0.3 is 0 Å². The second-order valence-electron chi connectivity index (χ2n) is 10.2. The number of amides is 1. The first kappa shape index (κ1) is 23.9. The Balaban J connectivity index is 1.41. The minimum Gasteiger partial charge on any atom is -0.381 e. The molecule has 2 aromatic carbocycles. The lowest BCUT2D eigenvalue weighted by molar-refractivity contribution is 0.0494. The van der Waals surface area contributed by atoms with E-state index in [2.05, 4.69) is 46.2 Å². The average Bonchev–Trinajstić information content (AvgIpc) is 3.39. The number of H-pyrrole nitrogens is 1. The molecule has 2 fully saturated rings. The number of ether oxygens (including phenoxy) is 1. The Labute approximate surface area is 215 Å². The summed E-state index contributed by atoms with van der Waals surface area (Å²) in [4.78, 5) is 34.3. The van der Waals surface area contributed by atoms with E-state index in [-0.39, 0.29) is 23.6 Å². The van der Waals surface area contributed by atoms with E-state index >= 15 is 0 Å². The van der Waals surface area contributed by atoms with E-state index in [0.717, 1.165) is 47.9 Å². The normalized spacial score (nSPS) is 19.6. The molecule has 0 radical (unpaired) electrons. The summed E-state index contributed by atoms with van der Waals surface area (Å²) in [5, 5.41) is 6.04. The first-order valence-corrected chi connectivity index (χ1v) is 13.2. The SMILES string of the molecule is CCN1CCN(C(=O)c2cc3c(cc2C)[nH]c(=O)c2cnn(C4CCOCC4)c23)C[C@@H]1c1ccccc1. The molecule has 1 atom stereocenters. The summed E-state index contributed by atoms with van der Waals surface area (Å²) >= 11 is 0. The molecule has 1 N–H and O–H groups in total. The van der Waals surface area contributed by atoms with Crippen molar-refractivity contribution in [2.75, 3.05) is 39.4 Å². The van der Waals surface area contributed by atoms with E-state index < -0.39 is 0 Å². The number of fused-ring (bicyclic) bond motifs is 3. The fraction of sp³-hybridized carbons (Fsp3) is 0.414. The maximum absolute atomic E-state index is 14.0. The van der Waals surface area contributed by atoms with Gasteiger partial charge in [0.25, 0.3) is 11.5 Å². The van der Waals surface area contributed by atoms with Crippen LogP contribution in [-0.2, 0) is 4.74 Å². The third-order valence-electron chi connectivity index (χ3n) is 8.04. The first-order valence-electron chi connectivity index (χ1n) is 13.2. The Kier molecular flexibility index (Phi) is 6.30. The standard InChI is InChI=1S/C29H33N5O3/c1-3-32-11-12-33(18-26(32)20-7-5-4-6-8-20)29(36)22-16-23-25(15-19(22)2)31-28(35)24-17-30-34(27(23)24)21-9-13-37-14-10-21/h4-8,15-17,21,26H,3,9-14,18H2,1-2H3,(H,31,35)/t26-/m1/s1. The fourth-order valence-corrected chi connectivity index (χ4v) is 5.98. The van der Waals surface area contributed by atoms with Crippen LogP contribution < -0.4 is 5.56 Å². The van der Waals surface area contributed by atoms with Crippen molar-refractivity contribution >= 4 is 27.7 Å². The molecule has 1 amide bonds. The van der Waals surface area contributed by atoms with Crippen LogP contribution in [0.5, 0.6) is 0 Å². The molecule has 37 heavy (non-hydrogen) atoms. The summed E-state index contributed by atoms with van der Waals surface area (Å²) in [6.45, 7) is 8.60. The number of benzene rings is 2. The predicted octanol–water partition coefficient (Wildman–Crippen LogP) is 4.06. The number of carbonyl (C=O) groups excluding carboxylic acids is 1. The molecule has 192 valence electrons. The Morgan fingerprint density at radius 1 is 1.11 bits per heavy atom.